The molecule has 0 aliphatic carbocycles. The molecular weight excluding hydrogens is 284 g/mol. The van der Waals surface area contributed by atoms with Crippen LogP contribution in [0.3, 0.4) is 0 Å². The van der Waals surface area contributed by atoms with Gasteiger partial charge in [0, 0.05) is 11.1 Å². The van der Waals surface area contributed by atoms with Crippen LogP contribution < -0.4 is 0 Å². The molecule has 0 unspecified atom stereocenters. The van der Waals surface area contributed by atoms with Gasteiger partial charge < -0.3 is 9.80 Å². The van der Waals surface area contributed by atoms with Crippen molar-refractivity contribution in [1.82, 2.24) is 9.80 Å². The second kappa shape index (κ2) is 5.70. The van der Waals surface area contributed by atoms with Gasteiger partial charge in [-0.05, 0) is 59.6 Å². The largest absolute Gasteiger partial charge is 0.321 e. The van der Waals surface area contributed by atoms with Gasteiger partial charge in [-0.1, -0.05) is 36.9 Å². The number of rotatable bonds is 2. The first kappa shape index (κ1) is 17.6. The quantitative estimate of drug-likeness (QED) is 0.769. The second-order valence-electron chi connectivity index (χ2n) is 8.44. The van der Waals surface area contributed by atoms with Gasteiger partial charge in [-0.25, -0.2) is 4.79 Å². The SMILES string of the molecule is C=C(c1ccccc1)[C@@H]1[C@@H](C)N(C(C)(C)C)C(=O)N1C(C)(C)C. The van der Waals surface area contributed by atoms with Crippen LogP contribution in [-0.4, -0.2) is 39.0 Å². The summed E-state index contributed by atoms with van der Waals surface area (Å²) in [4.78, 5) is 17.2. The fourth-order valence-corrected chi connectivity index (χ4v) is 3.64. The summed E-state index contributed by atoms with van der Waals surface area (Å²) in [5.74, 6) is 0. The Balaban J connectivity index is 2.50. The fraction of sp³-hybridized carbons (Fsp3) is 0.550. The summed E-state index contributed by atoms with van der Waals surface area (Å²) in [5, 5.41) is 0. The first-order valence-corrected chi connectivity index (χ1v) is 8.33. The Bertz CT molecular complexity index is 592. The van der Waals surface area contributed by atoms with Crippen molar-refractivity contribution >= 4 is 11.6 Å². The van der Waals surface area contributed by atoms with Crippen LogP contribution in [0.2, 0.25) is 0 Å². The molecule has 2 amide bonds. The molecule has 0 saturated carbocycles. The molecule has 3 heteroatoms. The Morgan fingerprint density at radius 3 is 1.87 bits per heavy atom. The van der Waals surface area contributed by atoms with Crippen LogP contribution in [0.15, 0.2) is 36.9 Å². The Kier molecular flexibility index (Phi) is 4.36. The van der Waals surface area contributed by atoms with Gasteiger partial charge in [0.25, 0.3) is 0 Å². The van der Waals surface area contributed by atoms with Gasteiger partial charge >= 0.3 is 6.03 Å². The zero-order valence-electron chi connectivity index (χ0n) is 15.6. The zero-order chi connectivity index (χ0) is 17.6. The highest BCUT2D eigenvalue weighted by atomic mass is 16.2. The van der Waals surface area contributed by atoms with E-state index >= 15 is 0 Å². The van der Waals surface area contributed by atoms with E-state index in [1.165, 1.54) is 0 Å². The van der Waals surface area contributed by atoms with E-state index in [1.807, 2.05) is 28.0 Å². The van der Waals surface area contributed by atoms with Crippen LogP contribution in [0.4, 0.5) is 4.79 Å². The maximum atomic E-state index is 13.2. The van der Waals surface area contributed by atoms with Gasteiger partial charge in [0.05, 0.1) is 12.1 Å². The molecule has 126 valence electrons. The lowest BCUT2D eigenvalue weighted by atomic mass is 9.91. The second-order valence-corrected chi connectivity index (χ2v) is 8.44. The molecule has 1 aromatic carbocycles. The topological polar surface area (TPSA) is 23.6 Å². The lowest BCUT2D eigenvalue weighted by Gasteiger charge is -2.37. The van der Waals surface area contributed by atoms with E-state index in [9.17, 15) is 4.79 Å². The van der Waals surface area contributed by atoms with Crippen LogP contribution >= 0.6 is 0 Å². The van der Waals surface area contributed by atoms with Gasteiger partial charge in [-0.3, -0.25) is 0 Å². The summed E-state index contributed by atoms with van der Waals surface area (Å²) < 4.78 is 0. The molecule has 0 N–H and O–H groups in total. The summed E-state index contributed by atoms with van der Waals surface area (Å²) in [6.45, 7) is 19.0. The minimum atomic E-state index is -0.256. The van der Waals surface area contributed by atoms with Crippen molar-refractivity contribution in [2.45, 2.75) is 71.6 Å². The number of nitrogens with zero attached hydrogens (tertiary/aromatic N) is 2. The van der Waals surface area contributed by atoms with Crippen molar-refractivity contribution in [3.8, 4) is 0 Å². The monoisotopic (exact) mass is 314 g/mol. The van der Waals surface area contributed by atoms with Crippen LogP contribution in [0, 0.1) is 0 Å². The smallest absolute Gasteiger partial charge is 0.315 e. The number of hydrogen-bond donors (Lipinski definition) is 0. The third-order valence-electron chi connectivity index (χ3n) is 4.50. The van der Waals surface area contributed by atoms with Crippen molar-refractivity contribution < 1.29 is 4.79 Å². The molecule has 1 fully saturated rings. The maximum absolute atomic E-state index is 13.2. The van der Waals surface area contributed by atoms with Crippen LogP contribution in [0.5, 0.6) is 0 Å². The molecule has 0 bridgehead atoms. The summed E-state index contributed by atoms with van der Waals surface area (Å²) in [5.41, 5.74) is 1.63. The molecular formula is C20H30N2O. The number of hydrogen-bond acceptors (Lipinski definition) is 1. The first-order chi connectivity index (χ1) is 10.5. The van der Waals surface area contributed by atoms with Gasteiger partial charge in [-0.15, -0.1) is 0 Å². The molecule has 0 radical (unpaired) electrons. The van der Waals surface area contributed by atoms with Crippen LogP contribution in [0.25, 0.3) is 5.57 Å². The normalized spacial score (nSPS) is 22.7. The molecule has 0 spiro atoms. The van der Waals surface area contributed by atoms with Gasteiger partial charge in [0.15, 0.2) is 0 Å². The van der Waals surface area contributed by atoms with Crippen LogP contribution in [-0.2, 0) is 0 Å². The Morgan fingerprint density at radius 1 is 0.957 bits per heavy atom. The van der Waals surface area contributed by atoms with Crippen molar-refractivity contribution in [2.24, 2.45) is 0 Å². The van der Waals surface area contributed by atoms with Crippen molar-refractivity contribution in [3.05, 3.63) is 42.5 Å². The summed E-state index contributed by atoms with van der Waals surface area (Å²) in [7, 11) is 0. The van der Waals surface area contributed by atoms with E-state index < -0.39 is 0 Å². The van der Waals surface area contributed by atoms with E-state index in [2.05, 4.69) is 67.2 Å². The van der Waals surface area contributed by atoms with E-state index in [0.29, 0.717) is 0 Å². The average Bonchev–Trinajstić information content (AvgIpc) is 2.69. The fourth-order valence-electron chi connectivity index (χ4n) is 3.64. The summed E-state index contributed by atoms with van der Waals surface area (Å²) >= 11 is 0. The Hall–Kier alpha value is -1.77. The minimum Gasteiger partial charge on any atom is -0.315 e. The molecule has 1 aromatic rings. The zero-order valence-corrected chi connectivity index (χ0v) is 15.6. The number of carbonyl (C=O) groups excluding carboxylic acids is 1. The van der Waals surface area contributed by atoms with Crippen LogP contribution in [0.1, 0.15) is 54.0 Å². The van der Waals surface area contributed by atoms with E-state index in [0.717, 1.165) is 11.1 Å². The summed E-state index contributed by atoms with van der Waals surface area (Å²) in [6, 6.07) is 10.3. The number of benzene rings is 1. The maximum Gasteiger partial charge on any atom is 0.321 e. The molecule has 1 saturated heterocycles. The lowest BCUT2D eigenvalue weighted by molar-refractivity contribution is 0.125. The highest BCUT2D eigenvalue weighted by Crippen LogP contribution is 2.39. The molecule has 2 rings (SSSR count). The first-order valence-electron chi connectivity index (χ1n) is 8.33. The van der Waals surface area contributed by atoms with E-state index in [-0.39, 0.29) is 29.2 Å². The van der Waals surface area contributed by atoms with Gasteiger partial charge in [-0.2, -0.15) is 0 Å². The predicted octanol–water partition coefficient (Wildman–Crippen LogP) is 4.79. The molecule has 0 aromatic heterocycles. The standard InChI is InChI=1S/C20H30N2O/c1-14(16-12-10-9-11-13-16)17-15(2)21(19(3,4)5)18(23)22(17)20(6,7)8/h9-13,15,17H,1H2,2-8H3/t15-,17-/m1/s1. The Labute approximate surface area is 141 Å². The highest BCUT2D eigenvalue weighted by molar-refractivity contribution is 5.85. The van der Waals surface area contributed by atoms with Crippen molar-refractivity contribution in [1.29, 1.82) is 0 Å². The number of carbonyl (C=O) groups is 1. The molecule has 1 aliphatic rings. The molecule has 23 heavy (non-hydrogen) atoms. The van der Waals surface area contributed by atoms with Gasteiger partial charge in [0.2, 0.25) is 0 Å². The Morgan fingerprint density at radius 2 is 1.43 bits per heavy atom. The van der Waals surface area contributed by atoms with Gasteiger partial charge in [0.1, 0.15) is 0 Å². The number of amides is 2. The molecule has 3 nitrogen and oxygen atoms in total. The third-order valence-corrected chi connectivity index (χ3v) is 4.50. The highest BCUT2D eigenvalue weighted by Gasteiger charge is 2.51. The van der Waals surface area contributed by atoms with E-state index in [4.69, 9.17) is 0 Å². The van der Waals surface area contributed by atoms with E-state index in [1.54, 1.807) is 0 Å². The van der Waals surface area contributed by atoms with Crippen molar-refractivity contribution in [2.75, 3.05) is 0 Å². The average molecular weight is 314 g/mol. The van der Waals surface area contributed by atoms with Crippen molar-refractivity contribution in [3.63, 3.8) is 0 Å². The molecule has 2 atom stereocenters. The third kappa shape index (κ3) is 3.15. The number of urea groups is 1. The lowest BCUT2D eigenvalue weighted by Crippen LogP contribution is -2.50. The minimum absolute atomic E-state index is 0.0240. The molecule has 1 heterocycles. The molecule has 1 aliphatic heterocycles. The predicted molar refractivity (Wildman–Crippen MR) is 97.3 cm³/mol. The summed E-state index contributed by atoms with van der Waals surface area (Å²) in [6.07, 6.45) is 0.